The van der Waals surface area contributed by atoms with Gasteiger partial charge < -0.3 is 9.47 Å². The second-order valence-electron chi connectivity index (χ2n) is 6.19. The smallest absolute Gasteiger partial charge is 0.266 e. The molecule has 0 aliphatic carbocycles. The standard InChI is InChI=1S/C18H22ClN3O3S/c1-12-9-14(19)3-4-16(12)25-13(2)17(23)21-18-20-15(11-26-18)10-22-5-7-24-8-6-22/h3-4,9,11,13H,5-8,10H2,1-2H3,(H,20,21,23). The van der Waals surface area contributed by atoms with Crippen LogP contribution in [-0.2, 0) is 16.1 Å². The minimum absolute atomic E-state index is 0.230. The number of benzene rings is 1. The van der Waals surface area contributed by atoms with Gasteiger partial charge in [0.1, 0.15) is 5.75 Å². The maximum absolute atomic E-state index is 12.4. The van der Waals surface area contributed by atoms with Gasteiger partial charge in [-0.25, -0.2) is 4.98 Å². The van der Waals surface area contributed by atoms with Crippen molar-refractivity contribution >= 4 is 34.0 Å². The number of halogens is 1. The number of hydrogen-bond donors (Lipinski definition) is 1. The molecule has 140 valence electrons. The lowest BCUT2D eigenvalue weighted by molar-refractivity contribution is -0.122. The Hall–Kier alpha value is -1.67. The van der Waals surface area contributed by atoms with E-state index in [0.717, 1.165) is 44.1 Å². The lowest BCUT2D eigenvalue weighted by Crippen LogP contribution is -2.35. The summed E-state index contributed by atoms with van der Waals surface area (Å²) in [5.74, 6) is 0.413. The molecule has 1 atom stereocenters. The van der Waals surface area contributed by atoms with Crippen LogP contribution in [0.2, 0.25) is 5.02 Å². The molecule has 0 spiro atoms. The minimum Gasteiger partial charge on any atom is -0.481 e. The zero-order valence-electron chi connectivity index (χ0n) is 14.8. The average molecular weight is 396 g/mol. The molecule has 1 aliphatic rings. The van der Waals surface area contributed by atoms with E-state index in [0.29, 0.717) is 15.9 Å². The van der Waals surface area contributed by atoms with Crippen molar-refractivity contribution in [3.8, 4) is 5.75 Å². The Balaban J connectivity index is 1.53. The zero-order valence-corrected chi connectivity index (χ0v) is 16.4. The van der Waals surface area contributed by atoms with Gasteiger partial charge in [0.2, 0.25) is 0 Å². The number of morpholine rings is 1. The Labute approximate surface area is 162 Å². The van der Waals surface area contributed by atoms with Crippen molar-refractivity contribution in [3.05, 3.63) is 39.9 Å². The van der Waals surface area contributed by atoms with E-state index in [1.807, 2.05) is 12.3 Å². The molecule has 0 bridgehead atoms. The number of nitrogens with zero attached hydrogens (tertiary/aromatic N) is 2. The molecule has 1 aliphatic heterocycles. The fourth-order valence-electron chi connectivity index (χ4n) is 2.62. The summed E-state index contributed by atoms with van der Waals surface area (Å²) in [5.41, 5.74) is 1.84. The number of hydrogen-bond acceptors (Lipinski definition) is 6. The highest BCUT2D eigenvalue weighted by Crippen LogP contribution is 2.23. The lowest BCUT2D eigenvalue weighted by Gasteiger charge is -2.25. The number of amides is 1. The second-order valence-corrected chi connectivity index (χ2v) is 7.49. The molecule has 26 heavy (non-hydrogen) atoms. The van der Waals surface area contributed by atoms with Crippen LogP contribution in [0.4, 0.5) is 5.13 Å². The maximum atomic E-state index is 12.4. The summed E-state index contributed by atoms with van der Waals surface area (Å²) in [4.78, 5) is 19.2. The molecule has 1 N–H and O–H groups in total. The fourth-order valence-corrected chi connectivity index (χ4v) is 3.55. The van der Waals surface area contributed by atoms with Gasteiger partial charge in [0.05, 0.1) is 18.9 Å². The number of carbonyl (C=O) groups excluding carboxylic acids is 1. The number of aromatic nitrogens is 1. The molecule has 3 rings (SSSR count). The number of anilines is 1. The van der Waals surface area contributed by atoms with Gasteiger partial charge in [-0.15, -0.1) is 11.3 Å². The van der Waals surface area contributed by atoms with Crippen LogP contribution in [0, 0.1) is 6.92 Å². The molecule has 1 aromatic heterocycles. The molecule has 2 heterocycles. The van der Waals surface area contributed by atoms with Gasteiger partial charge in [-0.2, -0.15) is 0 Å². The molecule has 1 unspecified atom stereocenters. The predicted octanol–water partition coefficient (Wildman–Crippen LogP) is 3.34. The van der Waals surface area contributed by atoms with Crippen LogP contribution in [0.15, 0.2) is 23.6 Å². The zero-order chi connectivity index (χ0) is 18.5. The van der Waals surface area contributed by atoms with E-state index in [4.69, 9.17) is 21.1 Å². The summed E-state index contributed by atoms with van der Waals surface area (Å²) in [6.07, 6.45) is -0.638. The van der Waals surface area contributed by atoms with E-state index < -0.39 is 6.10 Å². The quantitative estimate of drug-likeness (QED) is 0.812. The Morgan fingerprint density at radius 2 is 2.23 bits per heavy atom. The molecule has 1 fully saturated rings. The summed E-state index contributed by atoms with van der Waals surface area (Å²) in [6.45, 7) is 7.70. The summed E-state index contributed by atoms with van der Waals surface area (Å²) < 4.78 is 11.1. The monoisotopic (exact) mass is 395 g/mol. The fraction of sp³-hybridized carbons (Fsp3) is 0.444. The van der Waals surface area contributed by atoms with Crippen molar-refractivity contribution in [2.75, 3.05) is 31.6 Å². The van der Waals surface area contributed by atoms with Crippen LogP contribution >= 0.6 is 22.9 Å². The van der Waals surface area contributed by atoms with Crippen LogP contribution in [0.25, 0.3) is 0 Å². The van der Waals surface area contributed by atoms with Crippen molar-refractivity contribution in [1.82, 2.24) is 9.88 Å². The van der Waals surface area contributed by atoms with Gasteiger partial charge >= 0.3 is 0 Å². The van der Waals surface area contributed by atoms with E-state index in [-0.39, 0.29) is 5.91 Å². The lowest BCUT2D eigenvalue weighted by atomic mass is 10.2. The number of carbonyl (C=O) groups is 1. The van der Waals surface area contributed by atoms with Gasteiger partial charge in [-0.3, -0.25) is 15.0 Å². The van der Waals surface area contributed by atoms with Gasteiger partial charge in [-0.05, 0) is 37.6 Å². The van der Waals surface area contributed by atoms with Crippen molar-refractivity contribution in [2.45, 2.75) is 26.5 Å². The van der Waals surface area contributed by atoms with E-state index in [2.05, 4.69) is 15.2 Å². The van der Waals surface area contributed by atoms with Crippen molar-refractivity contribution in [1.29, 1.82) is 0 Å². The molecule has 1 amide bonds. The van der Waals surface area contributed by atoms with E-state index >= 15 is 0 Å². The van der Waals surface area contributed by atoms with Crippen LogP contribution in [0.3, 0.4) is 0 Å². The molecule has 8 heteroatoms. The highest BCUT2D eigenvalue weighted by molar-refractivity contribution is 7.13. The summed E-state index contributed by atoms with van der Waals surface area (Å²) in [5, 5.41) is 6.02. The van der Waals surface area contributed by atoms with E-state index in [1.165, 1.54) is 11.3 Å². The Morgan fingerprint density at radius 3 is 2.96 bits per heavy atom. The molecular weight excluding hydrogens is 374 g/mol. The molecule has 1 saturated heterocycles. The van der Waals surface area contributed by atoms with Gasteiger partial charge in [0.25, 0.3) is 5.91 Å². The number of aryl methyl sites for hydroxylation is 1. The second kappa shape index (κ2) is 8.81. The third-order valence-corrected chi connectivity index (χ3v) is 5.12. The summed E-state index contributed by atoms with van der Waals surface area (Å²) >= 11 is 7.36. The molecule has 0 saturated carbocycles. The summed E-state index contributed by atoms with van der Waals surface area (Å²) in [6, 6.07) is 5.32. The van der Waals surface area contributed by atoms with Gasteiger partial charge in [0.15, 0.2) is 11.2 Å². The van der Waals surface area contributed by atoms with Crippen LogP contribution in [0.5, 0.6) is 5.75 Å². The largest absolute Gasteiger partial charge is 0.481 e. The Morgan fingerprint density at radius 1 is 1.46 bits per heavy atom. The maximum Gasteiger partial charge on any atom is 0.266 e. The predicted molar refractivity (Wildman–Crippen MR) is 103 cm³/mol. The third kappa shape index (κ3) is 5.17. The molecule has 6 nitrogen and oxygen atoms in total. The van der Waals surface area contributed by atoms with Crippen LogP contribution in [0.1, 0.15) is 18.2 Å². The highest BCUT2D eigenvalue weighted by atomic mass is 35.5. The van der Waals surface area contributed by atoms with E-state index in [1.54, 1.807) is 25.1 Å². The third-order valence-electron chi connectivity index (χ3n) is 4.08. The first kappa shape index (κ1) is 19.1. The highest BCUT2D eigenvalue weighted by Gasteiger charge is 2.18. The first-order valence-electron chi connectivity index (χ1n) is 8.49. The molecular formula is C18H22ClN3O3S. The molecule has 0 radical (unpaired) electrons. The van der Waals surface area contributed by atoms with Crippen LogP contribution < -0.4 is 10.1 Å². The molecule has 2 aromatic rings. The first-order chi connectivity index (χ1) is 12.5. The van der Waals surface area contributed by atoms with E-state index in [9.17, 15) is 4.79 Å². The SMILES string of the molecule is Cc1cc(Cl)ccc1OC(C)C(=O)Nc1nc(CN2CCOCC2)cs1. The number of rotatable bonds is 6. The Kier molecular flexibility index (Phi) is 6.48. The van der Waals surface area contributed by atoms with Gasteiger partial charge in [-0.1, -0.05) is 11.6 Å². The Bertz CT molecular complexity index is 762. The molecule has 1 aromatic carbocycles. The van der Waals surface area contributed by atoms with Crippen molar-refractivity contribution < 1.29 is 14.3 Å². The van der Waals surface area contributed by atoms with Crippen molar-refractivity contribution in [2.24, 2.45) is 0 Å². The topological polar surface area (TPSA) is 63.7 Å². The first-order valence-corrected chi connectivity index (χ1v) is 9.75. The summed E-state index contributed by atoms with van der Waals surface area (Å²) in [7, 11) is 0. The average Bonchev–Trinajstić information content (AvgIpc) is 3.05. The number of nitrogens with one attached hydrogen (secondary N) is 1. The van der Waals surface area contributed by atoms with Gasteiger partial charge in [0, 0.05) is 30.0 Å². The van der Waals surface area contributed by atoms with Crippen molar-refractivity contribution in [3.63, 3.8) is 0 Å². The normalized spacial score (nSPS) is 16.3. The van der Waals surface area contributed by atoms with Crippen LogP contribution in [-0.4, -0.2) is 48.2 Å². The minimum atomic E-state index is -0.638. The number of thiazole rings is 1. The number of ether oxygens (including phenoxy) is 2.